The highest BCUT2D eigenvalue weighted by molar-refractivity contribution is 5.97. The van der Waals surface area contributed by atoms with Crippen molar-refractivity contribution in [1.82, 2.24) is 9.80 Å². The number of piperidine rings is 1. The standard InChI is InChI=1S/C30H33F2N3O4/c1-4-20-15-28(34-9-11-38-12-10-34)39-29-26(19(2)33(3)24-17-22(31)16-23(32)18-24)13-21(14-27(20)29)30(37)35-7-5-25(36)6-8-35/h13-19,25,36H,1,5-12H2,2-3H3. The molecule has 7 nitrogen and oxygen atoms in total. The summed E-state index contributed by atoms with van der Waals surface area (Å²) in [7, 11) is 1.75. The van der Waals surface area contributed by atoms with Gasteiger partial charge in [-0.25, -0.2) is 8.78 Å². The average molecular weight is 538 g/mol. The van der Waals surface area contributed by atoms with E-state index < -0.39 is 23.8 Å². The van der Waals surface area contributed by atoms with Gasteiger partial charge in [-0.1, -0.05) is 6.58 Å². The summed E-state index contributed by atoms with van der Waals surface area (Å²) in [6.07, 6.45) is 2.52. The molecule has 2 fully saturated rings. The normalized spacial score (nSPS) is 18.6. The van der Waals surface area contributed by atoms with E-state index in [0.29, 0.717) is 91.8 Å². The van der Waals surface area contributed by atoms with E-state index in [4.69, 9.17) is 9.47 Å². The van der Waals surface area contributed by atoms with E-state index in [9.17, 15) is 18.7 Å². The summed E-state index contributed by atoms with van der Waals surface area (Å²) in [4.78, 5) is 19.2. The molecule has 0 aromatic heterocycles. The molecule has 3 aliphatic heterocycles. The maximum atomic E-state index is 14.1. The van der Waals surface area contributed by atoms with Gasteiger partial charge in [0.1, 0.15) is 17.4 Å². The van der Waals surface area contributed by atoms with Gasteiger partial charge in [-0.15, -0.1) is 5.73 Å². The van der Waals surface area contributed by atoms with Crippen molar-refractivity contribution in [2.45, 2.75) is 31.9 Å². The molecule has 0 spiro atoms. The highest BCUT2D eigenvalue weighted by Gasteiger charge is 2.31. The van der Waals surface area contributed by atoms with E-state index in [1.807, 2.05) is 13.0 Å². The summed E-state index contributed by atoms with van der Waals surface area (Å²) < 4.78 is 40.2. The van der Waals surface area contributed by atoms with Crippen molar-refractivity contribution in [2.75, 3.05) is 51.3 Å². The molecule has 1 unspecified atom stereocenters. The van der Waals surface area contributed by atoms with Gasteiger partial charge in [0.25, 0.3) is 5.91 Å². The third-order valence-electron chi connectivity index (χ3n) is 7.68. The Bertz CT molecular complexity index is 1320. The van der Waals surface area contributed by atoms with E-state index in [-0.39, 0.29) is 5.91 Å². The van der Waals surface area contributed by atoms with Gasteiger partial charge in [-0.3, -0.25) is 4.79 Å². The first kappa shape index (κ1) is 26.9. The molecular weight excluding hydrogens is 504 g/mol. The maximum absolute atomic E-state index is 14.1. The van der Waals surface area contributed by atoms with Crippen molar-refractivity contribution in [3.63, 3.8) is 0 Å². The minimum atomic E-state index is -0.673. The summed E-state index contributed by atoms with van der Waals surface area (Å²) in [6.45, 7) is 9.20. The predicted octanol–water partition coefficient (Wildman–Crippen LogP) is 4.49. The Labute approximate surface area is 227 Å². The van der Waals surface area contributed by atoms with Crippen LogP contribution in [-0.4, -0.2) is 73.4 Å². The first-order valence-electron chi connectivity index (χ1n) is 13.2. The van der Waals surface area contributed by atoms with Crippen LogP contribution in [0.4, 0.5) is 14.5 Å². The van der Waals surface area contributed by atoms with E-state index in [0.717, 1.165) is 6.07 Å². The predicted molar refractivity (Wildman–Crippen MR) is 144 cm³/mol. The number of hydrogen-bond donors (Lipinski definition) is 1. The number of aliphatic hydroxyl groups excluding tert-OH is 1. The number of allylic oxidation sites excluding steroid dienone is 2. The number of benzene rings is 2. The Hall–Kier alpha value is -3.65. The van der Waals surface area contributed by atoms with Gasteiger partial charge in [0.15, 0.2) is 5.88 Å². The van der Waals surface area contributed by atoms with E-state index in [2.05, 4.69) is 17.2 Å². The van der Waals surface area contributed by atoms with Crippen LogP contribution in [0, 0.1) is 11.6 Å². The molecule has 1 N–H and O–H groups in total. The molecule has 1 amide bonds. The molecule has 0 saturated carbocycles. The van der Waals surface area contributed by atoms with Crippen LogP contribution in [0.1, 0.15) is 47.3 Å². The molecule has 9 heteroatoms. The second kappa shape index (κ2) is 11.2. The van der Waals surface area contributed by atoms with E-state index >= 15 is 0 Å². The topological polar surface area (TPSA) is 65.5 Å². The molecule has 39 heavy (non-hydrogen) atoms. The molecule has 3 heterocycles. The summed E-state index contributed by atoms with van der Waals surface area (Å²) in [6, 6.07) is 6.55. The molecule has 0 bridgehead atoms. The number of likely N-dealkylation sites (tertiary alicyclic amines) is 1. The molecule has 1 atom stereocenters. The van der Waals surface area contributed by atoms with Gasteiger partial charge in [0.05, 0.1) is 25.4 Å². The smallest absolute Gasteiger partial charge is 0.253 e. The van der Waals surface area contributed by atoms with Crippen LogP contribution in [0.15, 0.2) is 54.6 Å². The number of nitrogens with zero attached hydrogens (tertiary/aromatic N) is 3. The molecule has 2 aromatic rings. The van der Waals surface area contributed by atoms with Crippen LogP contribution in [0.5, 0.6) is 5.75 Å². The number of aliphatic hydroxyl groups is 1. The zero-order valence-electron chi connectivity index (χ0n) is 22.3. The zero-order valence-corrected chi connectivity index (χ0v) is 22.3. The Balaban J connectivity index is 1.59. The number of fused-ring (bicyclic) bond motifs is 1. The number of rotatable bonds is 5. The van der Waals surface area contributed by atoms with E-state index in [1.165, 1.54) is 12.1 Å². The van der Waals surface area contributed by atoms with Crippen LogP contribution in [0.3, 0.4) is 0 Å². The molecule has 5 rings (SSSR count). The van der Waals surface area contributed by atoms with Gasteiger partial charge in [-0.05, 0) is 44.0 Å². The highest BCUT2D eigenvalue weighted by Crippen LogP contribution is 2.43. The summed E-state index contributed by atoms with van der Waals surface area (Å²) in [5.74, 6) is -0.314. The second-order valence-electron chi connectivity index (χ2n) is 10.2. The maximum Gasteiger partial charge on any atom is 0.253 e. The third-order valence-corrected chi connectivity index (χ3v) is 7.68. The summed E-state index contributed by atoms with van der Waals surface area (Å²) in [5, 5.41) is 9.91. The Kier molecular flexibility index (Phi) is 7.75. The van der Waals surface area contributed by atoms with Crippen molar-refractivity contribution in [2.24, 2.45) is 0 Å². The number of morpholine rings is 1. The Morgan fingerprint density at radius 2 is 1.77 bits per heavy atom. The van der Waals surface area contributed by atoms with Crippen molar-refractivity contribution >= 4 is 17.2 Å². The monoisotopic (exact) mass is 537 g/mol. The molecular formula is C30H33F2N3O4. The summed E-state index contributed by atoms with van der Waals surface area (Å²) in [5.41, 5.74) is 5.87. The fourth-order valence-electron chi connectivity index (χ4n) is 5.25. The first-order chi connectivity index (χ1) is 18.7. The van der Waals surface area contributed by atoms with Crippen molar-refractivity contribution < 1.29 is 28.2 Å². The van der Waals surface area contributed by atoms with Gasteiger partial charge < -0.3 is 29.3 Å². The van der Waals surface area contributed by atoms with Crippen LogP contribution < -0.4 is 9.64 Å². The molecule has 206 valence electrons. The lowest BCUT2D eigenvalue weighted by Gasteiger charge is -2.36. The fourth-order valence-corrected chi connectivity index (χ4v) is 5.25. The molecule has 2 aromatic carbocycles. The van der Waals surface area contributed by atoms with Crippen molar-refractivity contribution in [3.05, 3.63) is 82.9 Å². The van der Waals surface area contributed by atoms with Crippen LogP contribution in [-0.2, 0) is 4.74 Å². The van der Waals surface area contributed by atoms with E-state index in [1.54, 1.807) is 29.0 Å². The lowest BCUT2D eigenvalue weighted by molar-refractivity contribution is 0.0345. The van der Waals surface area contributed by atoms with Crippen LogP contribution >= 0.6 is 0 Å². The number of carbonyl (C=O) groups excluding carboxylic acids is 1. The van der Waals surface area contributed by atoms with Gasteiger partial charge in [-0.2, -0.15) is 0 Å². The number of anilines is 1. The number of ether oxygens (including phenoxy) is 2. The Morgan fingerprint density at radius 3 is 2.41 bits per heavy atom. The lowest BCUT2D eigenvalue weighted by Crippen LogP contribution is -2.40. The van der Waals surface area contributed by atoms with Crippen LogP contribution in [0.2, 0.25) is 0 Å². The minimum absolute atomic E-state index is 0.149. The van der Waals surface area contributed by atoms with Gasteiger partial charge >= 0.3 is 0 Å². The SMILES string of the molecule is C=C=C1C=C(N2CCOCC2)Oc2c1cc(C(=O)N1CCC(O)CC1)cc2C(C)N(C)c1cc(F)cc(F)c1. The highest BCUT2D eigenvalue weighted by atomic mass is 19.1. The second-order valence-corrected chi connectivity index (χ2v) is 10.2. The molecule has 2 saturated heterocycles. The number of hydrogen-bond acceptors (Lipinski definition) is 6. The van der Waals surface area contributed by atoms with Crippen LogP contribution in [0.25, 0.3) is 5.57 Å². The molecule has 3 aliphatic rings. The minimum Gasteiger partial charge on any atom is -0.440 e. The number of amides is 1. The molecule has 0 aliphatic carbocycles. The Morgan fingerprint density at radius 1 is 1.10 bits per heavy atom. The number of halogens is 2. The van der Waals surface area contributed by atoms with Gasteiger partial charge in [0.2, 0.25) is 0 Å². The van der Waals surface area contributed by atoms with Gasteiger partial charge in [0, 0.05) is 73.3 Å². The first-order valence-corrected chi connectivity index (χ1v) is 13.2. The zero-order chi connectivity index (χ0) is 27.7. The molecule has 0 radical (unpaired) electrons. The largest absolute Gasteiger partial charge is 0.440 e. The third kappa shape index (κ3) is 5.57. The van der Waals surface area contributed by atoms with Crippen molar-refractivity contribution in [3.8, 4) is 5.75 Å². The average Bonchev–Trinajstić information content (AvgIpc) is 2.95. The quantitative estimate of drug-likeness (QED) is 0.567. The lowest BCUT2D eigenvalue weighted by atomic mass is 9.92. The van der Waals surface area contributed by atoms with Crippen molar-refractivity contribution in [1.29, 1.82) is 0 Å². The number of carbonyl (C=O) groups is 1. The fraction of sp³-hybridized carbons (Fsp3) is 0.400. The summed E-state index contributed by atoms with van der Waals surface area (Å²) >= 11 is 0.